The van der Waals surface area contributed by atoms with Crippen LogP contribution in [0.25, 0.3) is 11.1 Å². The minimum atomic E-state index is -1.03. The molecule has 2 atom stereocenters. The highest BCUT2D eigenvalue weighted by atomic mass is 16.5. The number of carboxylic acids is 1. The van der Waals surface area contributed by atoms with Gasteiger partial charge in [-0.25, -0.2) is 9.59 Å². The molecule has 1 fully saturated rings. The topological polar surface area (TPSA) is 99.2 Å². The van der Waals surface area contributed by atoms with E-state index in [0.29, 0.717) is 13.0 Å². The number of fused-ring (bicyclic) bond motifs is 3. The van der Waals surface area contributed by atoms with Crippen LogP contribution in [0.15, 0.2) is 48.5 Å². The van der Waals surface area contributed by atoms with Crippen molar-refractivity contribution in [1.29, 1.82) is 0 Å². The molecular weight excluding hydrogens is 410 g/mol. The van der Waals surface area contributed by atoms with Crippen molar-refractivity contribution < 1.29 is 24.2 Å². The van der Waals surface area contributed by atoms with E-state index in [-0.39, 0.29) is 19.1 Å². The van der Waals surface area contributed by atoms with E-state index in [1.807, 2.05) is 36.4 Å². The fraction of sp³-hybridized carbons (Fsp3) is 0.375. The van der Waals surface area contributed by atoms with Crippen molar-refractivity contribution in [3.8, 4) is 11.1 Å². The average Bonchev–Trinajstić information content (AvgIpc) is 3.04. The SMILES string of the molecule is CN(C)CC(NC(=O)OCC1c2ccccc2-c2ccccc21)C(=O)N1CCC1C(=O)O. The molecule has 2 N–H and O–H groups in total. The first-order valence-corrected chi connectivity index (χ1v) is 10.7. The predicted octanol–water partition coefficient (Wildman–Crippen LogP) is 2.14. The summed E-state index contributed by atoms with van der Waals surface area (Å²) in [5.41, 5.74) is 4.48. The number of nitrogens with one attached hydrogen (secondary N) is 1. The second-order valence-electron chi connectivity index (χ2n) is 8.46. The highest BCUT2D eigenvalue weighted by Gasteiger charge is 2.41. The third-order valence-electron chi connectivity index (χ3n) is 6.07. The van der Waals surface area contributed by atoms with Gasteiger partial charge in [-0.15, -0.1) is 0 Å². The van der Waals surface area contributed by atoms with Crippen LogP contribution in [-0.2, 0) is 14.3 Å². The van der Waals surface area contributed by atoms with Gasteiger partial charge in [-0.1, -0.05) is 48.5 Å². The van der Waals surface area contributed by atoms with E-state index >= 15 is 0 Å². The number of hydrogen-bond acceptors (Lipinski definition) is 5. The quantitative estimate of drug-likeness (QED) is 0.689. The summed E-state index contributed by atoms with van der Waals surface area (Å²) >= 11 is 0. The van der Waals surface area contributed by atoms with E-state index in [4.69, 9.17) is 4.74 Å². The van der Waals surface area contributed by atoms with E-state index in [2.05, 4.69) is 17.4 Å². The molecule has 8 heteroatoms. The highest BCUT2D eigenvalue weighted by Crippen LogP contribution is 2.44. The van der Waals surface area contributed by atoms with E-state index < -0.39 is 30.1 Å². The van der Waals surface area contributed by atoms with E-state index in [1.54, 1.807) is 19.0 Å². The summed E-state index contributed by atoms with van der Waals surface area (Å²) in [7, 11) is 3.56. The van der Waals surface area contributed by atoms with Gasteiger partial charge in [-0.05, 0) is 42.8 Å². The zero-order valence-corrected chi connectivity index (χ0v) is 18.2. The Hall–Kier alpha value is -3.39. The fourth-order valence-electron chi connectivity index (χ4n) is 4.44. The Labute approximate surface area is 186 Å². The van der Waals surface area contributed by atoms with Crippen LogP contribution < -0.4 is 5.32 Å². The molecule has 0 bridgehead atoms. The monoisotopic (exact) mass is 437 g/mol. The van der Waals surface area contributed by atoms with Crippen molar-refractivity contribution in [2.75, 3.05) is 33.8 Å². The van der Waals surface area contributed by atoms with E-state index in [1.165, 1.54) is 4.90 Å². The average molecular weight is 437 g/mol. The van der Waals surface area contributed by atoms with Gasteiger partial charge in [-0.2, -0.15) is 0 Å². The van der Waals surface area contributed by atoms with Crippen molar-refractivity contribution >= 4 is 18.0 Å². The molecular formula is C24H27N3O5. The molecule has 168 valence electrons. The number of carboxylic acid groups (broad SMARTS) is 1. The molecule has 2 aromatic rings. The van der Waals surface area contributed by atoms with Crippen LogP contribution in [0.5, 0.6) is 0 Å². The molecule has 1 heterocycles. The molecule has 2 amide bonds. The molecule has 0 spiro atoms. The maximum atomic E-state index is 12.9. The number of ether oxygens (including phenoxy) is 1. The lowest BCUT2D eigenvalue weighted by molar-refractivity contribution is -0.158. The smallest absolute Gasteiger partial charge is 0.407 e. The Morgan fingerprint density at radius 1 is 1.09 bits per heavy atom. The minimum absolute atomic E-state index is 0.0806. The lowest BCUT2D eigenvalue weighted by Gasteiger charge is -2.40. The van der Waals surface area contributed by atoms with Crippen molar-refractivity contribution in [2.24, 2.45) is 0 Å². The van der Waals surface area contributed by atoms with Gasteiger partial charge in [0.05, 0.1) is 0 Å². The number of nitrogens with zero attached hydrogens (tertiary/aromatic N) is 2. The molecule has 4 rings (SSSR count). The van der Waals surface area contributed by atoms with Gasteiger partial charge in [0.25, 0.3) is 0 Å². The van der Waals surface area contributed by atoms with Crippen LogP contribution in [0.1, 0.15) is 23.5 Å². The number of likely N-dealkylation sites (tertiary alicyclic amines) is 1. The predicted molar refractivity (Wildman–Crippen MR) is 118 cm³/mol. The molecule has 1 aliphatic carbocycles. The molecule has 0 saturated carbocycles. The number of benzene rings is 2. The zero-order chi connectivity index (χ0) is 22.8. The number of carbonyl (C=O) groups excluding carboxylic acids is 2. The fourth-order valence-corrected chi connectivity index (χ4v) is 4.44. The Morgan fingerprint density at radius 3 is 2.19 bits per heavy atom. The minimum Gasteiger partial charge on any atom is -0.480 e. The normalized spacial score (nSPS) is 17.8. The standard InChI is InChI=1S/C24H27N3O5/c1-26(2)13-20(22(28)27-12-11-21(27)23(29)30)25-24(31)32-14-19-17-9-5-3-7-15(17)16-8-4-6-10-18(16)19/h3-10,19-21H,11-14H2,1-2H3,(H,25,31)(H,29,30). The van der Waals surface area contributed by atoms with Gasteiger partial charge in [0.1, 0.15) is 18.7 Å². The number of rotatable bonds is 7. The molecule has 2 aromatic carbocycles. The van der Waals surface area contributed by atoms with Gasteiger partial charge >= 0.3 is 12.1 Å². The third kappa shape index (κ3) is 4.18. The molecule has 1 aliphatic heterocycles. The number of carbonyl (C=O) groups is 3. The number of amides is 2. The molecule has 0 aromatic heterocycles. The molecule has 32 heavy (non-hydrogen) atoms. The summed E-state index contributed by atoms with van der Waals surface area (Å²) in [6, 6.07) is 14.4. The van der Waals surface area contributed by atoms with E-state index in [0.717, 1.165) is 22.3 Å². The Morgan fingerprint density at radius 2 is 1.69 bits per heavy atom. The number of likely N-dealkylation sites (N-methyl/N-ethyl adjacent to an activating group) is 1. The summed E-state index contributed by atoms with van der Waals surface area (Å²) < 4.78 is 5.55. The largest absolute Gasteiger partial charge is 0.480 e. The maximum Gasteiger partial charge on any atom is 0.407 e. The van der Waals surface area contributed by atoms with Gasteiger partial charge in [-0.3, -0.25) is 4.79 Å². The second-order valence-corrected chi connectivity index (χ2v) is 8.46. The number of aliphatic carboxylic acids is 1. The molecule has 1 saturated heterocycles. The lowest BCUT2D eigenvalue weighted by Crippen LogP contribution is -2.62. The molecule has 8 nitrogen and oxygen atoms in total. The molecule has 0 radical (unpaired) electrons. The van der Waals surface area contributed by atoms with Crippen molar-refractivity contribution in [1.82, 2.24) is 15.1 Å². The van der Waals surface area contributed by atoms with Crippen molar-refractivity contribution in [3.63, 3.8) is 0 Å². The van der Waals surface area contributed by atoms with Gasteiger partial charge in [0, 0.05) is 19.0 Å². The van der Waals surface area contributed by atoms with Gasteiger partial charge in [0.15, 0.2) is 0 Å². The first-order valence-electron chi connectivity index (χ1n) is 10.7. The summed E-state index contributed by atoms with van der Waals surface area (Å²) in [5, 5.41) is 11.9. The molecule has 2 aliphatic rings. The highest BCUT2D eigenvalue weighted by molar-refractivity contribution is 5.90. The molecule has 2 unspecified atom stereocenters. The zero-order valence-electron chi connectivity index (χ0n) is 18.2. The number of hydrogen-bond donors (Lipinski definition) is 2. The summed E-state index contributed by atoms with van der Waals surface area (Å²) in [4.78, 5) is 39.8. The summed E-state index contributed by atoms with van der Waals surface area (Å²) in [5.74, 6) is -1.52. The Bertz CT molecular complexity index is 992. The van der Waals surface area contributed by atoms with Crippen LogP contribution in [0, 0.1) is 0 Å². The Kier molecular flexibility index (Phi) is 6.14. The summed E-state index contributed by atoms with van der Waals surface area (Å²) in [6.45, 7) is 0.752. The van der Waals surface area contributed by atoms with Crippen LogP contribution in [0.4, 0.5) is 4.79 Å². The second kappa shape index (κ2) is 9.00. The van der Waals surface area contributed by atoms with E-state index in [9.17, 15) is 19.5 Å². The third-order valence-corrected chi connectivity index (χ3v) is 6.07. The lowest BCUT2D eigenvalue weighted by atomic mass is 9.98. The van der Waals surface area contributed by atoms with Crippen LogP contribution in [0.2, 0.25) is 0 Å². The van der Waals surface area contributed by atoms with Crippen LogP contribution in [-0.4, -0.2) is 78.8 Å². The maximum absolute atomic E-state index is 12.9. The summed E-state index contributed by atoms with van der Waals surface area (Å²) in [6.07, 6.45) is -0.278. The number of alkyl carbamates (subject to hydrolysis) is 1. The first kappa shape index (κ1) is 21.8. The van der Waals surface area contributed by atoms with Crippen LogP contribution >= 0.6 is 0 Å². The first-order chi connectivity index (χ1) is 15.4. The van der Waals surface area contributed by atoms with Crippen molar-refractivity contribution in [3.05, 3.63) is 59.7 Å². The van der Waals surface area contributed by atoms with Gasteiger partial charge in [0.2, 0.25) is 5.91 Å². The van der Waals surface area contributed by atoms with Crippen molar-refractivity contribution in [2.45, 2.75) is 24.4 Å². The van der Waals surface area contributed by atoms with Crippen LogP contribution in [0.3, 0.4) is 0 Å². The van der Waals surface area contributed by atoms with Gasteiger partial charge < -0.3 is 25.0 Å². The Balaban J connectivity index is 1.43.